The van der Waals surface area contributed by atoms with Crippen LogP contribution < -0.4 is 30.6 Å². The van der Waals surface area contributed by atoms with E-state index in [1.165, 1.54) is 22.2 Å². The van der Waals surface area contributed by atoms with Crippen molar-refractivity contribution in [1.29, 1.82) is 0 Å². The van der Waals surface area contributed by atoms with Gasteiger partial charge in [0.2, 0.25) is 18.6 Å². The summed E-state index contributed by atoms with van der Waals surface area (Å²) >= 11 is 1.25. The summed E-state index contributed by atoms with van der Waals surface area (Å²) in [6, 6.07) is 5.47. The first-order chi connectivity index (χ1) is 17.0. The molecule has 0 unspecified atom stereocenters. The summed E-state index contributed by atoms with van der Waals surface area (Å²) in [4.78, 5) is 48.7. The Morgan fingerprint density at radius 1 is 1.23 bits per heavy atom. The topological polar surface area (TPSA) is 128 Å². The summed E-state index contributed by atoms with van der Waals surface area (Å²) in [6.07, 6.45) is 3.06. The molecule has 0 saturated carbocycles. The molecule has 35 heavy (non-hydrogen) atoms. The summed E-state index contributed by atoms with van der Waals surface area (Å²) in [7, 11) is 0. The van der Waals surface area contributed by atoms with Gasteiger partial charge in [-0.15, -0.1) is 0 Å². The molecule has 1 atom stereocenters. The number of nitrogens with one attached hydrogen (secondary N) is 2. The van der Waals surface area contributed by atoms with Crippen molar-refractivity contribution in [3.63, 3.8) is 0 Å². The summed E-state index contributed by atoms with van der Waals surface area (Å²) in [6.45, 7) is 4.17. The Labute approximate surface area is 205 Å². The Bertz CT molecular complexity index is 1320. The molecule has 0 spiro atoms. The molecule has 184 valence electrons. The van der Waals surface area contributed by atoms with E-state index in [-0.39, 0.29) is 36.6 Å². The van der Waals surface area contributed by atoms with Gasteiger partial charge in [-0.05, 0) is 37.5 Å². The largest absolute Gasteiger partial charge is 0.454 e. The van der Waals surface area contributed by atoms with E-state index in [1.54, 1.807) is 6.07 Å². The van der Waals surface area contributed by atoms with E-state index >= 15 is 0 Å². The fourth-order valence-electron chi connectivity index (χ4n) is 4.23. The van der Waals surface area contributed by atoms with E-state index in [0.29, 0.717) is 46.6 Å². The van der Waals surface area contributed by atoms with Crippen LogP contribution in [0.4, 0.5) is 5.13 Å². The first kappa shape index (κ1) is 23.1. The third-order valence-corrected chi connectivity index (χ3v) is 7.12. The second-order valence-electron chi connectivity index (χ2n) is 8.47. The third kappa shape index (κ3) is 4.92. The molecular formula is C23H26N6O5S. The summed E-state index contributed by atoms with van der Waals surface area (Å²) < 4.78 is 12.3. The van der Waals surface area contributed by atoms with E-state index in [1.807, 2.05) is 24.0 Å². The minimum Gasteiger partial charge on any atom is -0.454 e. The van der Waals surface area contributed by atoms with E-state index in [2.05, 4.69) is 20.6 Å². The molecule has 4 heterocycles. The van der Waals surface area contributed by atoms with Crippen LogP contribution in [0.2, 0.25) is 0 Å². The minimum absolute atomic E-state index is 0.0468. The molecule has 1 fully saturated rings. The zero-order valence-electron chi connectivity index (χ0n) is 19.3. The molecule has 2 aromatic heterocycles. The van der Waals surface area contributed by atoms with E-state index in [9.17, 15) is 14.4 Å². The molecule has 2 N–H and O–H groups in total. The van der Waals surface area contributed by atoms with Crippen LogP contribution in [0.1, 0.15) is 25.3 Å². The number of piperidine rings is 1. The van der Waals surface area contributed by atoms with Gasteiger partial charge in [-0.25, -0.2) is 4.98 Å². The fraction of sp³-hybridized carbons (Fsp3) is 0.435. The Morgan fingerprint density at radius 3 is 2.94 bits per heavy atom. The third-order valence-electron chi connectivity index (χ3n) is 6.03. The van der Waals surface area contributed by atoms with Gasteiger partial charge in [-0.1, -0.05) is 17.4 Å². The molecular weight excluding hydrogens is 472 g/mol. The lowest BCUT2D eigenvalue weighted by Crippen LogP contribution is -2.43. The molecule has 0 radical (unpaired) electrons. The molecule has 2 aliphatic rings. The van der Waals surface area contributed by atoms with Crippen molar-refractivity contribution >= 4 is 38.6 Å². The van der Waals surface area contributed by atoms with Gasteiger partial charge in [0.05, 0.1) is 5.92 Å². The van der Waals surface area contributed by atoms with Gasteiger partial charge in [0, 0.05) is 26.2 Å². The Hall–Kier alpha value is -3.67. The predicted molar refractivity (Wildman–Crippen MR) is 130 cm³/mol. The number of anilines is 1. The number of thiazole rings is 1. The van der Waals surface area contributed by atoms with Crippen molar-refractivity contribution in [2.45, 2.75) is 32.9 Å². The zero-order chi connectivity index (χ0) is 24.4. The van der Waals surface area contributed by atoms with Crippen molar-refractivity contribution < 1.29 is 19.1 Å². The van der Waals surface area contributed by atoms with Gasteiger partial charge < -0.3 is 25.0 Å². The number of carbonyl (C=O) groups is 2. The lowest BCUT2D eigenvalue weighted by atomic mass is 9.97. The lowest BCUT2D eigenvalue weighted by Gasteiger charge is -2.31. The number of hydrogen-bond acceptors (Lipinski definition) is 9. The highest BCUT2D eigenvalue weighted by molar-refractivity contribution is 7.22. The van der Waals surface area contributed by atoms with Crippen LogP contribution in [0.5, 0.6) is 11.5 Å². The van der Waals surface area contributed by atoms with Crippen LogP contribution >= 0.6 is 11.3 Å². The molecule has 5 rings (SSSR count). The van der Waals surface area contributed by atoms with E-state index in [4.69, 9.17) is 9.47 Å². The molecule has 0 bridgehead atoms. The van der Waals surface area contributed by atoms with Crippen molar-refractivity contribution in [2.24, 2.45) is 5.92 Å². The standard InChI is InChI=1S/C23H26N6O5S/c1-2-24-21(31)15-4-3-7-28(10-15)23-27-20-19(35-23)22(32)29(12-26-20)11-18(30)25-9-14-5-6-16-17(8-14)34-13-33-16/h5-6,8,12,15H,2-4,7,9-11,13H2,1H3,(H,24,31)(H,25,30)/t15-/m0/s1. The number of aromatic nitrogens is 3. The molecule has 1 saturated heterocycles. The maximum Gasteiger partial charge on any atom is 0.273 e. The highest BCUT2D eigenvalue weighted by atomic mass is 32.1. The number of fused-ring (bicyclic) bond motifs is 2. The smallest absolute Gasteiger partial charge is 0.273 e. The van der Waals surface area contributed by atoms with E-state index < -0.39 is 0 Å². The molecule has 2 aliphatic heterocycles. The van der Waals surface area contributed by atoms with E-state index in [0.717, 1.165) is 24.9 Å². The van der Waals surface area contributed by atoms with Crippen LogP contribution in [0.25, 0.3) is 10.3 Å². The van der Waals surface area contributed by atoms with Crippen LogP contribution in [0.3, 0.4) is 0 Å². The predicted octanol–water partition coefficient (Wildman–Crippen LogP) is 1.25. The maximum absolute atomic E-state index is 13.0. The molecule has 2 amide bonds. The molecule has 11 nitrogen and oxygen atoms in total. The fourth-order valence-corrected chi connectivity index (χ4v) is 5.23. The summed E-state index contributed by atoms with van der Waals surface area (Å²) in [5, 5.41) is 6.37. The summed E-state index contributed by atoms with van der Waals surface area (Å²) in [5.41, 5.74) is 0.907. The van der Waals surface area contributed by atoms with Crippen molar-refractivity contribution in [3.05, 3.63) is 40.4 Å². The first-order valence-electron chi connectivity index (χ1n) is 11.6. The van der Waals surface area contributed by atoms with Crippen molar-refractivity contribution in [1.82, 2.24) is 25.2 Å². The number of benzene rings is 1. The highest BCUT2D eigenvalue weighted by Gasteiger charge is 2.27. The number of amides is 2. The zero-order valence-corrected chi connectivity index (χ0v) is 20.1. The number of nitrogens with zero attached hydrogens (tertiary/aromatic N) is 4. The maximum atomic E-state index is 13.0. The summed E-state index contributed by atoms with van der Waals surface area (Å²) in [5.74, 6) is 0.963. The van der Waals surface area contributed by atoms with Gasteiger partial charge in [-0.2, -0.15) is 4.98 Å². The van der Waals surface area contributed by atoms with Crippen LogP contribution in [0.15, 0.2) is 29.3 Å². The van der Waals surface area contributed by atoms with Gasteiger partial charge >= 0.3 is 0 Å². The molecule has 0 aliphatic carbocycles. The van der Waals surface area contributed by atoms with Crippen molar-refractivity contribution in [3.8, 4) is 11.5 Å². The van der Waals surface area contributed by atoms with Crippen molar-refractivity contribution in [2.75, 3.05) is 31.3 Å². The quantitative estimate of drug-likeness (QED) is 0.498. The lowest BCUT2D eigenvalue weighted by molar-refractivity contribution is -0.125. The van der Waals surface area contributed by atoms with Gasteiger partial charge in [0.25, 0.3) is 5.56 Å². The molecule has 12 heteroatoms. The minimum atomic E-state index is -0.311. The second kappa shape index (κ2) is 9.90. The average Bonchev–Trinajstić information content (AvgIpc) is 3.52. The van der Waals surface area contributed by atoms with Crippen LogP contribution in [-0.2, 0) is 22.7 Å². The average molecular weight is 499 g/mol. The molecule has 3 aromatic rings. The number of ether oxygens (including phenoxy) is 2. The Kier molecular flexibility index (Phi) is 6.53. The van der Waals surface area contributed by atoms with Crippen LogP contribution in [-0.4, -0.2) is 52.8 Å². The number of hydrogen-bond donors (Lipinski definition) is 2. The SMILES string of the molecule is CCNC(=O)[C@H]1CCCN(c2nc3ncn(CC(=O)NCc4ccc5c(c4)OCO5)c(=O)c3s2)C1. The van der Waals surface area contributed by atoms with Gasteiger partial charge in [-0.3, -0.25) is 19.0 Å². The van der Waals surface area contributed by atoms with Gasteiger partial charge in [0.1, 0.15) is 17.6 Å². The monoisotopic (exact) mass is 498 g/mol. The Balaban J connectivity index is 1.25. The second-order valence-corrected chi connectivity index (χ2v) is 9.45. The van der Waals surface area contributed by atoms with Gasteiger partial charge in [0.15, 0.2) is 22.3 Å². The number of rotatable bonds is 7. The van der Waals surface area contributed by atoms with Crippen LogP contribution in [0, 0.1) is 5.92 Å². The Morgan fingerprint density at radius 2 is 2.09 bits per heavy atom. The first-order valence-corrected chi connectivity index (χ1v) is 12.4. The normalized spacial score (nSPS) is 16.9. The highest BCUT2D eigenvalue weighted by Crippen LogP contribution is 2.32. The molecule has 1 aromatic carbocycles. The number of carbonyl (C=O) groups excluding carboxylic acids is 2.